The minimum absolute atomic E-state index is 0.0416. The third kappa shape index (κ3) is 5.58. The lowest BCUT2D eigenvalue weighted by Crippen LogP contribution is -2.41. The van der Waals surface area contributed by atoms with Crippen LogP contribution < -0.4 is 0 Å². The average Bonchev–Trinajstić information content (AvgIpc) is 2.51. The van der Waals surface area contributed by atoms with Gasteiger partial charge < -0.3 is 4.90 Å². The van der Waals surface area contributed by atoms with Gasteiger partial charge in [0.15, 0.2) is 0 Å². The van der Waals surface area contributed by atoms with Gasteiger partial charge in [-0.05, 0) is 36.5 Å². The van der Waals surface area contributed by atoms with Crippen molar-refractivity contribution in [2.24, 2.45) is 5.92 Å². The van der Waals surface area contributed by atoms with E-state index in [-0.39, 0.29) is 25.4 Å². The Balaban J connectivity index is 1.94. The molecule has 1 fully saturated rings. The number of carbonyl (C=O) groups excluding carboxylic acids is 1. The minimum atomic E-state index is -3.36. The van der Waals surface area contributed by atoms with Gasteiger partial charge in [0.05, 0.1) is 6.26 Å². The molecule has 1 aliphatic heterocycles. The van der Waals surface area contributed by atoms with E-state index in [4.69, 9.17) is 0 Å². The molecule has 1 aliphatic rings. The summed E-state index contributed by atoms with van der Waals surface area (Å²) in [6, 6.07) is 3.57. The van der Waals surface area contributed by atoms with Crippen LogP contribution in [-0.4, -0.2) is 54.4 Å². The number of piperidine rings is 1. The zero-order valence-electron chi connectivity index (χ0n) is 13.8. The first-order chi connectivity index (χ1) is 10.9. The first kappa shape index (κ1) is 17.9. The van der Waals surface area contributed by atoms with E-state index in [0.717, 1.165) is 31.5 Å². The maximum atomic E-state index is 12.3. The Kier molecular flexibility index (Phi) is 6.12. The van der Waals surface area contributed by atoms with Gasteiger partial charge >= 0.3 is 0 Å². The SMILES string of the molecule is CC1CCCN(C(=O)CCN(Cc2ccncc2)S(C)(=O)=O)C1. The Labute approximate surface area is 138 Å². The van der Waals surface area contributed by atoms with Gasteiger partial charge in [0, 0.05) is 45.0 Å². The number of hydrogen-bond acceptors (Lipinski definition) is 4. The minimum Gasteiger partial charge on any atom is -0.342 e. The number of likely N-dealkylation sites (tertiary alicyclic amines) is 1. The summed E-state index contributed by atoms with van der Waals surface area (Å²) in [7, 11) is -3.36. The third-order valence-corrected chi connectivity index (χ3v) is 5.41. The highest BCUT2D eigenvalue weighted by molar-refractivity contribution is 7.88. The lowest BCUT2D eigenvalue weighted by atomic mass is 10.00. The van der Waals surface area contributed by atoms with E-state index in [1.807, 2.05) is 4.90 Å². The standard InChI is InChI=1S/C16H25N3O3S/c1-14-4-3-10-18(12-14)16(20)7-11-19(23(2,21)22)13-15-5-8-17-9-6-15/h5-6,8-9,14H,3-4,7,10-13H2,1-2H3. The van der Waals surface area contributed by atoms with E-state index in [1.165, 1.54) is 10.6 Å². The Morgan fingerprint density at radius 2 is 2.09 bits per heavy atom. The van der Waals surface area contributed by atoms with Crippen LogP contribution in [0.3, 0.4) is 0 Å². The molecule has 23 heavy (non-hydrogen) atoms. The Morgan fingerprint density at radius 1 is 1.39 bits per heavy atom. The van der Waals surface area contributed by atoms with Gasteiger partial charge in [0.1, 0.15) is 0 Å². The summed E-state index contributed by atoms with van der Waals surface area (Å²) < 4.78 is 25.3. The van der Waals surface area contributed by atoms with Crippen LogP contribution in [0, 0.1) is 5.92 Å². The topological polar surface area (TPSA) is 70.6 Å². The second-order valence-corrected chi connectivity index (χ2v) is 8.27. The summed E-state index contributed by atoms with van der Waals surface area (Å²) >= 11 is 0. The fourth-order valence-corrected chi connectivity index (χ4v) is 3.65. The molecule has 1 saturated heterocycles. The molecular weight excluding hydrogens is 314 g/mol. The molecule has 2 rings (SSSR count). The molecule has 0 N–H and O–H groups in total. The first-order valence-corrected chi connectivity index (χ1v) is 9.83. The first-order valence-electron chi connectivity index (χ1n) is 7.98. The molecule has 0 aromatic carbocycles. The largest absolute Gasteiger partial charge is 0.342 e. The van der Waals surface area contributed by atoms with Crippen LogP contribution in [0.15, 0.2) is 24.5 Å². The lowest BCUT2D eigenvalue weighted by molar-refractivity contribution is -0.133. The summed E-state index contributed by atoms with van der Waals surface area (Å²) in [6.07, 6.45) is 6.86. The monoisotopic (exact) mass is 339 g/mol. The van der Waals surface area contributed by atoms with Crippen LogP contribution in [0.4, 0.5) is 0 Å². The number of amides is 1. The van der Waals surface area contributed by atoms with Crippen molar-refractivity contribution in [1.82, 2.24) is 14.2 Å². The fourth-order valence-electron chi connectivity index (χ4n) is 2.85. The van der Waals surface area contributed by atoms with Gasteiger partial charge in [0.2, 0.25) is 15.9 Å². The highest BCUT2D eigenvalue weighted by atomic mass is 32.2. The van der Waals surface area contributed by atoms with E-state index < -0.39 is 10.0 Å². The second-order valence-electron chi connectivity index (χ2n) is 6.29. The van der Waals surface area contributed by atoms with Crippen molar-refractivity contribution in [2.75, 3.05) is 25.9 Å². The number of carbonyl (C=O) groups is 1. The van der Waals surface area contributed by atoms with Crippen molar-refractivity contribution in [2.45, 2.75) is 32.7 Å². The third-order valence-electron chi connectivity index (χ3n) is 4.16. The van der Waals surface area contributed by atoms with Gasteiger partial charge in [-0.25, -0.2) is 8.42 Å². The Bertz CT molecular complexity index is 619. The molecular formula is C16H25N3O3S. The van der Waals surface area contributed by atoms with Gasteiger partial charge in [-0.3, -0.25) is 9.78 Å². The predicted molar refractivity (Wildman–Crippen MR) is 89.1 cm³/mol. The van der Waals surface area contributed by atoms with E-state index in [0.29, 0.717) is 5.92 Å². The number of rotatable bonds is 6. The number of sulfonamides is 1. The zero-order chi connectivity index (χ0) is 16.9. The maximum absolute atomic E-state index is 12.3. The smallest absolute Gasteiger partial charge is 0.223 e. The quantitative estimate of drug-likeness (QED) is 0.787. The van der Waals surface area contributed by atoms with E-state index in [1.54, 1.807) is 24.5 Å². The van der Waals surface area contributed by atoms with Crippen molar-refractivity contribution >= 4 is 15.9 Å². The summed E-state index contributed by atoms with van der Waals surface area (Å²) in [4.78, 5) is 18.1. The molecule has 2 heterocycles. The van der Waals surface area contributed by atoms with E-state index >= 15 is 0 Å². The number of hydrogen-bond donors (Lipinski definition) is 0. The predicted octanol–water partition coefficient (Wildman–Crippen LogP) is 1.49. The molecule has 0 aliphatic carbocycles. The van der Waals surface area contributed by atoms with Crippen LogP contribution in [0.25, 0.3) is 0 Å². The maximum Gasteiger partial charge on any atom is 0.223 e. The number of aromatic nitrogens is 1. The lowest BCUT2D eigenvalue weighted by Gasteiger charge is -2.31. The normalized spacial score (nSPS) is 19.1. The van der Waals surface area contributed by atoms with Crippen molar-refractivity contribution in [3.8, 4) is 0 Å². The molecule has 1 atom stereocenters. The Hall–Kier alpha value is -1.47. The van der Waals surface area contributed by atoms with E-state index in [9.17, 15) is 13.2 Å². The van der Waals surface area contributed by atoms with Crippen LogP contribution in [0.1, 0.15) is 31.7 Å². The molecule has 0 bridgehead atoms. The van der Waals surface area contributed by atoms with Crippen molar-refractivity contribution in [3.63, 3.8) is 0 Å². The summed E-state index contributed by atoms with van der Waals surface area (Å²) in [5.41, 5.74) is 0.865. The highest BCUT2D eigenvalue weighted by Crippen LogP contribution is 2.17. The second kappa shape index (κ2) is 7.88. The summed E-state index contributed by atoms with van der Waals surface area (Å²) in [5.74, 6) is 0.565. The van der Waals surface area contributed by atoms with Crippen molar-refractivity contribution in [3.05, 3.63) is 30.1 Å². The van der Waals surface area contributed by atoms with Gasteiger partial charge in [-0.1, -0.05) is 6.92 Å². The molecule has 128 valence electrons. The molecule has 1 amide bonds. The van der Waals surface area contributed by atoms with Crippen molar-refractivity contribution < 1.29 is 13.2 Å². The number of pyridine rings is 1. The fraction of sp³-hybridized carbons (Fsp3) is 0.625. The van der Waals surface area contributed by atoms with Crippen LogP contribution in [0.5, 0.6) is 0 Å². The van der Waals surface area contributed by atoms with Crippen LogP contribution in [-0.2, 0) is 21.4 Å². The number of nitrogens with zero attached hydrogens (tertiary/aromatic N) is 3. The van der Waals surface area contributed by atoms with Crippen molar-refractivity contribution in [1.29, 1.82) is 0 Å². The van der Waals surface area contributed by atoms with E-state index in [2.05, 4.69) is 11.9 Å². The molecule has 0 saturated carbocycles. The highest BCUT2D eigenvalue weighted by Gasteiger charge is 2.23. The zero-order valence-corrected chi connectivity index (χ0v) is 14.6. The van der Waals surface area contributed by atoms with Gasteiger partial charge in [-0.15, -0.1) is 0 Å². The average molecular weight is 339 g/mol. The molecule has 0 spiro atoms. The summed E-state index contributed by atoms with van der Waals surface area (Å²) in [5, 5.41) is 0. The molecule has 1 unspecified atom stereocenters. The van der Waals surface area contributed by atoms with Crippen LogP contribution >= 0.6 is 0 Å². The molecule has 7 heteroatoms. The molecule has 1 aromatic heterocycles. The summed E-state index contributed by atoms with van der Waals surface area (Å²) in [6.45, 7) is 4.19. The molecule has 6 nitrogen and oxygen atoms in total. The molecule has 1 aromatic rings. The molecule has 0 radical (unpaired) electrons. The van der Waals surface area contributed by atoms with Crippen LogP contribution in [0.2, 0.25) is 0 Å². The van der Waals surface area contributed by atoms with Gasteiger partial charge in [0.25, 0.3) is 0 Å². The van der Waals surface area contributed by atoms with Gasteiger partial charge in [-0.2, -0.15) is 4.31 Å². The Morgan fingerprint density at radius 3 is 2.70 bits per heavy atom.